The molecule has 0 amide bonds. The maximum atomic E-state index is 6.98. The van der Waals surface area contributed by atoms with Crippen molar-refractivity contribution >= 4 is 44.6 Å². The number of aromatic nitrogens is 2. The fourth-order valence-electron chi connectivity index (χ4n) is 11.8. The number of anilines is 4. The van der Waals surface area contributed by atoms with Crippen LogP contribution in [0.4, 0.5) is 22.7 Å². The number of pyridine rings is 1. The van der Waals surface area contributed by atoms with Gasteiger partial charge in [-0.15, -0.1) is 0 Å². The highest BCUT2D eigenvalue weighted by atomic mass is 16.5. The SMILES string of the molecule is Cc1ccc(-c2cnc(-n3c4ccc(-c5ccc(C(C)(C)C)cc5)cc4c4ccc(Oc5cccc(N6CN(c7c(-c8ccc(C(C)(C)C)cc8)cccc7-c7cccc(-c8ccccc8)c7)c7ccccc76)c5)cc43)cc2C)cc1. The van der Waals surface area contributed by atoms with Crippen molar-refractivity contribution < 1.29 is 4.74 Å². The molecule has 13 rings (SSSR count). The first kappa shape index (κ1) is 51.0. The lowest BCUT2D eigenvalue weighted by Crippen LogP contribution is -2.25. The number of aryl methyl sites for hydroxylation is 2. The van der Waals surface area contributed by atoms with Gasteiger partial charge in [0.1, 0.15) is 24.0 Å². The van der Waals surface area contributed by atoms with E-state index in [0.717, 1.165) is 78.6 Å². The maximum Gasteiger partial charge on any atom is 0.137 e. The van der Waals surface area contributed by atoms with Gasteiger partial charge in [0, 0.05) is 51.5 Å². The molecule has 0 aliphatic carbocycles. The molecule has 0 bridgehead atoms. The van der Waals surface area contributed by atoms with Gasteiger partial charge in [0.05, 0.1) is 28.1 Å². The lowest BCUT2D eigenvalue weighted by Gasteiger charge is -2.28. The van der Waals surface area contributed by atoms with Crippen molar-refractivity contribution in [3.05, 3.63) is 265 Å². The standard InChI is InChI=1S/C76H66N4O/c1-50-27-29-55(30-28-50)68-48-77-73(43-51(68)2)80-69-42-35-57(53-31-36-59(37-32-53)75(3,4)5)45-67(69)66-41-40-63(47-72(66)80)81-62-22-15-21-61(46-62)78-49-79(71-26-13-12-25-70(71)78)74-64(54-33-38-60(39-34-54)76(6,7)8)23-16-24-65(74)58-20-14-19-56(44-58)52-17-10-9-11-18-52/h9-48H,49H2,1-8H3. The predicted molar refractivity (Wildman–Crippen MR) is 341 cm³/mol. The highest BCUT2D eigenvalue weighted by Gasteiger charge is 2.32. The van der Waals surface area contributed by atoms with Gasteiger partial charge in [-0.25, -0.2) is 4.98 Å². The van der Waals surface area contributed by atoms with E-state index < -0.39 is 0 Å². The van der Waals surface area contributed by atoms with Crippen LogP contribution in [0.3, 0.4) is 0 Å². The zero-order valence-electron chi connectivity index (χ0n) is 47.5. The number of para-hydroxylation sites is 3. The summed E-state index contributed by atoms with van der Waals surface area (Å²) in [5.41, 5.74) is 23.4. The molecule has 0 saturated heterocycles. The first-order valence-corrected chi connectivity index (χ1v) is 28.3. The summed E-state index contributed by atoms with van der Waals surface area (Å²) in [4.78, 5) is 10.1. The minimum Gasteiger partial charge on any atom is -0.457 e. The third kappa shape index (κ3) is 9.73. The molecular weight excluding hydrogens is 985 g/mol. The zero-order chi connectivity index (χ0) is 55.6. The number of rotatable bonds is 10. The van der Waals surface area contributed by atoms with Gasteiger partial charge in [-0.3, -0.25) is 4.57 Å². The van der Waals surface area contributed by atoms with Crippen molar-refractivity contribution in [3.8, 4) is 73.0 Å². The van der Waals surface area contributed by atoms with E-state index in [4.69, 9.17) is 9.72 Å². The molecule has 5 heteroatoms. The van der Waals surface area contributed by atoms with Gasteiger partial charge in [0.15, 0.2) is 0 Å². The molecule has 2 aromatic heterocycles. The van der Waals surface area contributed by atoms with Crippen LogP contribution in [0.5, 0.6) is 11.5 Å². The topological polar surface area (TPSA) is 33.5 Å². The smallest absolute Gasteiger partial charge is 0.137 e. The number of benzene rings is 10. The summed E-state index contributed by atoms with van der Waals surface area (Å²) in [6.07, 6.45) is 2.02. The molecule has 0 saturated carbocycles. The molecule has 0 N–H and O–H groups in total. The quantitative estimate of drug-likeness (QED) is 0.137. The van der Waals surface area contributed by atoms with Crippen molar-refractivity contribution in [3.63, 3.8) is 0 Å². The van der Waals surface area contributed by atoms with E-state index >= 15 is 0 Å². The molecule has 0 atom stereocenters. The lowest BCUT2D eigenvalue weighted by atomic mass is 9.85. The van der Waals surface area contributed by atoms with Crippen LogP contribution in [0.2, 0.25) is 0 Å². The first-order valence-electron chi connectivity index (χ1n) is 28.3. The molecule has 3 heterocycles. The van der Waals surface area contributed by atoms with E-state index in [1.54, 1.807) is 0 Å². The normalized spacial score (nSPS) is 12.6. The molecule has 5 nitrogen and oxygen atoms in total. The summed E-state index contributed by atoms with van der Waals surface area (Å²) < 4.78 is 9.27. The molecule has 396 valence electrons. The van der Waals surface area contributed by atoms with Crippen LogP contribution >= 0.6 is 0 Å². The Morgan fingerprint density at radius 2 is 0.951 bits per heavy atom. The second-order valence-electron chi connectivity index (χ2n) is 23.9. The first-order chi connectivity index (χ1) is 39.2. The van der Waals surface area contributed by atoms with E-state index in [1.165, 1.54) is 61.2 Å². The number of fused-ring (bicyclic) bond motifs is 4. The van der Waals surface area contributed by atoms with Crippen LogP contribution in [0.1, 0.15) is 63.8 Å². The second-order valence-corrected chi connectivity index (χ2v) is 23.9. The molecule has 0 fully saturated rings. The highest BCUT2D eigenvalue weighted by molar-refractivity contribution is 6.11. The number of ether oxygens (including phenoxy) is 1. The van der Waals surface area contributed by atoms with E-state index in [2.05, 4.69) is 306 Å². The summed E-state index contributed by atoms with van der Waals surface area (Å²) in [6.45, 7) is 18.5. The Labute approximate surface area is 477 Å². The number of hydrogen-bond donors (Lipinski definition) is 0. The van der Waals surface area contributed by atoms with Crippen molar-refractivity contribution in [2.45, 2.75) is 66.2 Å². The van der Waals surface area contributed by atoms with Crippen LogP contribution in [0, 0.1) is 13.8 Å². The van der Waals surface area contributed by atoms with E-state index in [-0.39, 0.29) is 10.8 Å². The maximum absolute atomic E-state index is 6.98. The lowest BCUT2D eigenvalue weighted by molar-refractivity contribution is 0.483. The third-order valence-corrected chi connectivity index (χ3v) is 16.3. The second kappa shape index (κ2) is 20.3. The van der Waals surface area contributed by atoms with E-state index in [1.807, 2.05) is 6.20 Å². The van der Waals surface area contributed by atoms with Gasteiger partial charge in [-0.1, -0.05) is 211 Å². The van der Waals surface area contributed by atoms with Gasteiger partial charge < -0.3 is 14.5 Å². The molecule has 81 heavy (non-hydrogen) atoms. The average molecular weight is 1050 g/mol. The summed E-state index contributed by atoms with van der Waals surface area (Å²) >= 11 is 0. The fourth-order valence-corrected chi connectivity index (χ4v) is 11.8. The Morgan fingerprint density at radius 1 is 0.395 bits per heavy atom. The molecule has 1 aliphatic rings. The summed E-state index contributed by atoms with van der Waals surface area (Å²) in [5, 5.41) is 2.29. The monoisotopic (exact) mass is 1050 g/mol. The largest absolute Gasteiger partial charge is 0.457 e. The third-order valence-electron chi connectivity index (χ3n) is 16.3. The predicted octanol–water partition coefficient (Wildman–Crippen LogP) is 20.8. The summed E-state index contributed by atoms with van der Waals surface area (Å²) in [7, 11) is 0. The Balaban J connectivity index is 0.882. The van der Waals surface area contributed by atoms with Crippen LogP contribution in [0.25, 0.3) is 83.3 Å². The van der Waals surface area contributed by atoms with Gasteiger partial charge in [-0.05, 0) is 141 Å². The summed E-state index contributed by atoms with van der Waals surface area (Å²) in [6, 6.07) is 86.2. The van der Waals surface area contributed by atoms with Crippen LogP contribution in [0.15, 0.2) is 243 Å². The Kier molecular flexibility index (Phi) is 12.8. The summed E-state index contributed by atoms with van der Waals surface area (Å²) in [5.74, 6) is 2.35. The van der Waals surface area contributed by atoms with Crippen LogP contribution in [-0.4, -0.2) is 16.2 Å². The zero-order valence-corrected chi connectivity index (χ0v) is 47.5. The van der Waals surface area contributed by atoms with Gasteiger partial charge in [-0.2, -0.15) is 0 Å². The minimum absolute atomic E-state index is 0.0388. The van der Waals surface area contributed by atoms with Gasteiger partial charge >= 0.3 is 0 Å². The highest BCUT2D eigenvalue weighted by Crippen LogP contribution is 2.51. The molecule has 0 spiro atoms. The fraction of sp³-hybridized carbons (Fsp3) is 0.145. The van der Waals surface area contributed by atoms with Crippen molar-refractivity contribution in [2.24, 2.45) is 0 Å². The molecular formula is C76H66N4O. The van der Waals surface area contributed by atoms with Gasteiger partial charge in [0.2, 0.25) is 0 Å². The molecule has 1 aliphatic heterocycles. The Hall–Kier alpha value is -9.45. The van der Waals surface area contributed by atoms with Crippen molar-refractivity contribution in [2.75, 3.05) is 16.5 Å². The van der Waals surface area contributed by atoms with Crippen LogP contribution in [-0.2, 0) is 10.8 Å². The van der Waals surface area contributed by atoms with E-state index in [0.29, 0.717) is 6.67 Å². The number of hydrogen-bond acceptors (Lipinski definition) is 4. The van der Waals surface area contributed by atoms with E-state index in [9.17, 15) is 0 Å². The Bertz CT molecular complexity index is 4310. The molecule has 0 radical (unpaired) electrons. The van der Waals surface area contributed by atoms with Crippen molar-refractivity contribution in [1.29, 1.82) is 0 Å². The van der Waals surface area contributed by atoms with Crippen LogP contribution < -0.4 is 14.5 Å². The molecule has 12 aromatic rings. The minimum atomic E-state index is 0.0388. The average Bonchev–Trinajstić information content (AvgIpc) is 4.23. The molecule has 10 aromatic carbocycles. The molecule has 0 unspecified atom stereocenters. The van der Waals surface area contributed by atoms with Crippen molar-refractivity contribution in [1.82, 2.24) is 9.55 Å². The Morgan fingerprint density at radius 3 is 1.65 bits per heavy atom. The van der Waals surface area contributed by atoms with Gasteiger partial charge in [0.25, 0.3) is 0 Å². The number of nitrogens with zero attached hydrogens (tertiary/aromatic N) is 4.